The smallest absolute Gasteiger partial charge is 0.287 e. The lowest BCUT2D eigenvalue weighted by atomic mass is 10.2. The molecule has 2 aromatic heterocycles. The third-order valence-corrected chi connectivity index (χ3v) is 3.66. The summed E-state index contributed by atoms with van der Waals surface area (Å²) in [6.45, 7) is 4.69. The van der Waals surface area contributed by atoms with Gasteiger partial charge in [0, 0.05) is 18.9 Å². The first-order valence-electron chi connectivity index (χ1n) is 7.18. The lowest BCUT2D eigenvalue weighted by Gasteiger charge is -2.17. The third kappa shape index (κ3) is 3.64. The Morgan fingerprint density at radius 2 is 2.29 bits per heavy atom. The summed E-state index contributed by atoms with van der Waals surface area (Å²) in [6.07, 6.45) is 7.78. The number of unbranched alkanes of at least 4 members (excludes halogenated alkanes) is 1. The van der Waals surface area contributed by atoms with Crippen LogP contribution in [0.1, 0.15) is 45.0 Å². The van der Waals surface area contributed by atoms with Gasteiger partial charge in [-0.05, 0) is 12.8 Å². The molecule has 0 aromatic carbocycles. The zero-order chi connectivity index (χ0) is 15.2. The molecule has 0 fully saturated rings. The van der Waals surface area contributed by atoms with Crippen molar-refractivity contribution >= 4 is 17.3 Å². The number of hydrogen-bond donors (Lipinski definition) is 2. The van der Waals surface area contributed by atoms with Crippen LogP contribution in [0.3, 0.4) is 0 Å². The van der Waals surface area contributed by atoms with Crippen molar-refractivity contribution in [2.24, 2.45) is 0 Å². The zero-order valence-electron chi connectivity index (χ0n) is 12.3. The first-order valence-corrected chi connectivity index (χ1v) is 7.56. The second-order valence-electron chi connectivity index (χ2n) is 4.83. The second-order valence-corrected chi connectivity index (χ2v) is 5.21. The van der Waals surface area contributed by atoms with Crippen molar-refractivity contribution in [1.29, 1.82) is 0 Å². The summed E-state index contributed by atoms with van der Waals surface area (Å²) in [5, 5.41) is 7.57. The number of imidazole rings is 1. The molecule has 0 bridgehead atoms. The van der Waals surface area contributed by atoms with E-state index < -0.39 is 0 Å². The molecule has 2 heterocycles. The molecule has 21 heavy (non-hydrogen) atoms. The fraction of sp³-hybridized carbons (Fsp3) is 0.500. The first-order chi connectivity index (χ1) is 10.2. The van der Waals surface area contributed by atoms with E-state index in [1.165, 1.54) is 4.68 Å². The molecule has 0 saturated heterocycles. The van der Waals surface area contributed by atoms with Crippen LogP contribution in [0.4, 0.5) is 5.69 Å². The highest BCUT2D eigenvalue weighted by Crippen LogP contribution is 2.23. The van der Waals surface area contributed by atoms with Gasteiger partial charge in [-0.3, -0.25) is 4.79 Å². The van der Waals surface area contributed by atoms with E-state index in [1.54, 1.807) is 18.6 Å². The average molecular weight is 310 g/mol. The minimum atomic E-state index is -0.260. The maximum absolute atomic E-state index is 12.2. The number of hydrogen-bond acceptors (Lipinski definition) is 4. The van der Waals surface area contributed by atoms with E-state index in [9.17, 15) is 4.79 Å². The summed E-state index contributed by atoms with van der Waals surface area (Å²) in [5.41, 5.74) is 0.280. The molecule has 0 spiro atoms. The highest BCUT2D eigenvalue weighted by atomic mass is 35.5. The van der Waals surface area contributed by atoms with Crippen LogP contribution in [0.15, 0.2) is 23.4 Å². The van der Waals surface area contributed by atoms with Gasteiger partial charge in [-0.2, -0.15) is 5.10 Å². The topological polar surface area (TPSA) is 75.6 Å². The fourth-order valence-electron chi connectivity index (χ4n) is 2.05. The molecular weight excluding hydrogens is 290 g/mol. The molecule has 0 aliphatic rings. The van der Waals surface area contributed by atoms with E-state index >= 15 is 0 Å². The van der Waals surface area contributed by atoms with Gasteiger partial charge < -0.3 is 10.3 Å². The number of aromatic nitrogens is 4. The number of H-pyrrole nitrogens is 1. The molecule has 0 saturated carbocycles. The van der Waals surface area contributed by atoms with Crippen molar-refractivity contribution in [2.45, 2.75) is 45.7 Å². The van der Waals surface area contributed by atoms with E-state index in [1.807, 2.05) is 6.92 Å². The Morgan fingerprint density at radius 1 is 1.48 bits per heavy atom. The number of aromatic amines is 1. The van der Waals surface area contributed by atoms with Crippen LogP contribution < -0.4 is 10.9 Å². The molecule has 2 rings (SSSR count). The van der Waals surface area contributed by atoms with Gasteiger partial charge in [-0.25, -0.2) is 9.67 Å². The molecular formula is C14H20ClN5O. The molecule has 0 aliphatic heterocycles. The molecule has 1 atom stereocenters. The van der Waals surface area contributed by atoms with Crippen LogP contribution in [0.25, 0.3) is 0 Å². The molecule has 114 valence electrons. The molecule has 2 N–H and O–H groups in total. The number of rotatable bonds is 7. The molecule has 7 heteroatoms. The van der Waals surface area contributed by atoms with Crippen molar-refractivity contribution < 1.29 is 0 Å². The highest BCUT2D eigenvalue weighted by Gasteiger charge is 2.15. The van der Waals surface area contributed by atoms with Gasteiger partial charge in [0.15, 0.2) is 0 Å². The van der Waals surface area contributed by atoms with Gasteiger partial charge in [0.25, 0.3) is 5.56 Å². The van der Waals surface area contributed by atoms with Crippen molar-refractivity contribution in [3.63, 3.8) is 0 Å². The summed E-state index contributed by atoms with van der Waals surface area (Å²) in [5.74, 6) is 0.809. The second kappa shape index (κ2) is 7.26. The van der Waals surface area contributed by atoms with Gasteiger partial charge in [0.05, 0.1) is 17.9 Å². The molecule has 1 unspecified atom stereocenters. The number of anilines is 1. The van der Waals surface area contributed by atoms with Crippen molar-refractivity contribution in [1.82, 2.24) is 19.7 Å². The fourth-order valence-corrected chi connectivity index (χ4v) is 2.25. The van der Waals surface area contributed by atoms with Gasteiger partial charge in [0.1, 0.15) is 10.8 Å². The summed E-state index contributed by atoms with van der Waals surface area (Å²) in [7, 11) is 0. The van der Waals surface area contributed by atoms with Crippen molar-refractivity contribution in [3.05, 3.63) is 39.8 Å². The van der Waals surface area contributed by atoms with Gasteiger partial charge in [0.2, 0.25) is 0 Å². The van der Waals surface area contributed by atoms with Crippen molar-refractivity contribution in [2.75, 3.05) is 5.32 Å². The van der Waals surface area contributed by atoms with Gasteiger partial charge in [-0.15, -0.1) is 0 Å². The zero-order valence-corrected chi connectivity index (χ0v) is 13.0. The Hall–Kier alpha value is -1.82. The van der Waals surface area contributed by atoms with E-state index in [-0.39, 0.29) is 16.6 Å². The van der Waals surface area contributed by atoms with Crippen LogP contribution in [0.2, 0.25) is 5.02 Å². The SMILES string of the molecule is CCCCn1ncc(NC(CC)c2ncc[nH]2)c(Cl)c1=O. The van der Waals surface area contributed by atoms with E-state index in [4.69, 9.17) is 11.6 Å². The monoisotopic (exact) mass is 309 g/mol. The van der Waals surface area contributed by atoms with Crippen LogP contribution in [-0.4, -0.2) is 19.7 Å². The lowest BCUT2D eigenvalue weighted by molar-refractivity contribution is 0.543. The summed E-state index contributed by atoms with van der Waals surface area (Å²) < 4.78 is 1.41. The molecule has 6 nitrogen and oxygen atoms in total. The molecule has 0 aliphatic carbocycles. The van der Waals surface area contributed by atoms with Crippen LogP contribution in [0.5, 0.6) is 0 Å². The molecule has 2 aromatic rings. The molecule has 0 radical (unpaired) electrons. The van der Waals surface area contributed by atoms with Gasteiger partial charge >= 0.3 is 0 Å². The Bertz CT molecular complexity index is 623. The van der Waals surface area contributed by atoms with E-state index in [0.717, 1.165) is 25.1 Å². The Balaban J connectivity index is 2.20. The predicted molar refractivity (Wildman–Crippen MR) is 83.7 cm³/mol. The van der Waals surface area contributed by atoms with Crippen molar-refractivity contribution in [3.8, 4) is 0 Å². The minimum absolute atomic E-state index is 0.0369. The summed E-state index contributed by atoms with van der Waals surface area (Å²) in [4.78, 5) is 19.4. The predicted octanol–water partition coefficient (Wildman–Crippen LogP) is 2.98. The van der Waals surface area contributed by atoms with Gasteiger partial charge in [-0.1, -0.05) is 31.9 Å². The van der Waals surface area contributed by atoms with Crippen LogP contribution in [0, 0.1) is 0 Å². The lowest BCUT2D eigenvalue weighted by Crippen LogP contribution is -2.25. The minimum Gasteiger partial charge on any atom is -0.372 e. The first kappa shape index (κ1) is 15.6. The number of aryl methyl sites for hydroxylation is 1. The maximum Gasteiger partial charge on any atom is 0.287 e. The normalized spacial score (nSPS) is 12.3. The summed E-state index contributed by atoms with van der Waals surface area (Å²) in [6, 6.07) is -0.0369. The highest BCUT2D eigenvalue weighted by molar-refractivity contribution is 6.32. The molecule has 0 amide bonds. The Labute approximate surface area is 128 Å². The summed E-state index contributed by atoms with van der Waals surface area (Å²) >= 11 is 6.17. The number of nitrogens with zero attached hydrogens (tertiary/aromatic N) is 3. The average Bonchev–Trinajstić information content (AvgIpc) is 3.02. The van der Waals surface area contributed by atoms with E-state index in [2.05, 4.69) is 27.3 Å². The van der Waals surface area contributed by atoms with E-state index in [0.29, 0.717) is 12.2 Å². The quantitative estimate of drug-likeness (QED) is 0.824. The maximum atomic E-state index is 12.2. The number of halogens is 1. The van der Waals surface area contributed by atoms with Crippen LogP contribution >= 0.6 is 11.6 Å². The third-order valence-electron chi connectivity index (χ3n) is 3.30. The number of nitrogens with one attached hydrogen (secondary N) is 2. The Kier molecular flexibility index (Phi) is 5.38. The standard InChI is InChI=1S/C14H20ClN5O/c1-3-5-8-20-14(21)12(15)11(9-18-20)19-10(4-2)13-16-6-7-17-13/h6-7,9-10,19H,3-5,8H2,1-2H3,(H,16,17). The van der Waals surface area contributed by atoms with Crippen LogP contribution in [-0.2, 0) is 6.54 Å². The largest absolute Gasteiger partial charge is 0.372 e. The Morgan fingerprint density at radius 3 is 2.90 bits per heavy atom.